The van der Waals surface area contributed by atoms with Gasteiger partial charge < -0.3 is 30.7 Å². The number of piperazine rings is 1. The van der Waals surface area contributed by atoms with Crippen molar-refractivity contribution in [3.05, 3.63) is 70.7 Å². The van der Waals surface area contributed by atoms with Crippen LogP contribution in [0.5, 0.6) is 11.5 Å². The average molecular weight is 687 g/mol. The molecule has 1 fully saturated rings. The zero-order valence-corrected chi connectivity index (χ0v) is 28.4. The number of sulfone groups is 1. The molecule has 0 bridgehead atoms. The number of amides is 2. The summed E-state index contributed by atoms with van der Waals surface area (Å²) in [5.74, 6) is 0.309. The highest BCUT2D eigenvalue weighted by Crippen LogP contribution is 2.33. The largest absolute Gasteiger partial charge is 0.496 e. The van der Waals surface area contributed by atoms with Crippen LogP contribution in [0.3, 0.4) is 0 Å². The minimum absolute atomic E-state index is 0.0644. The Morgan fingerprint density at radius 3 is 2.51 bits per heavy atom. The lowest BCUT2D eigenvalue weighted by Gasteiger charge is -2.41. The molecule has 3 aromatic rings. The van der Waals surface area contributed by atoms with Gasteiger partial charge in [-0.05, 0) is 42.3 Å². The second-order valence-electron chi connectivity index (χ2n) is 11.9. The van der Waals surface area contributed by atoms with Crippen molar-refractivity contribution < 1.29 is 32.3 Å². The van der Waals surface area contributed by atoms with Gasteiger partial charge in [-0.15, -0.1) is 0 Å². The van der Waals surface area contributed by atoms with Gasteiger partial charge in [0.1, 0.15) is 21.6 Å². The first-order chi connectivity index (χ1) is 22.4. The maximum atomic E-state index is 13.8. The molecule has 0 aliphatic carbocycles. The minimum Gasteiger partial charge on any atom is -0.496 e. The smallest absolute Gasteiger partial charge is 0.415 e. The topological polar surface area (TPSA) is 162 Å². The molecule has 2 atom stereocenters. The number of carbonyl (C=O) groups is 3. The molecule has 1 aliphatic heterocycles. The summed E-state index contributed by atoms with van der Waals surface area (Å²) in [6.45, 7) is 0.482. The van der Waals surface area contributed by atoms with Crippen LogP contribution in [-0.2, 0) is 32.4 Å². The van der Waals surface area contributed by atoms with Gasteiger partial charge in [0.25, 0.3) is 0 Å². The molecule has 254 valence electrons. The summed E-state index contributed by atoms with van der Waals surface area (Å²) in [7, 11) is -1.50. The number of unbranched alkanes of at least 4 members (excludes halogenated alkanes) is 2. The number of nitrogens with zero attached hydrogens (tertiary/aromatic N) is 2. The Kier molecular flexibility index (Phi) is 12.6. The zero-order valence-electron chi connectivity index (χ0n) is 26.8. The molecule has 2 amide bonds. The summed E-state index contributed by atoms with van der Waals surface area (Å²) in [5, 5.41) is 1.94. The number of methoxy groups -OCH3 is 1. The van der Waals surface area contributed by atoms with Crippen molar-refractivity contribution in [1.82, 2.24) is 9.80 Å². The number of hydrogen-bond acceptors (Lipinski definition) is 9. The molecule has 0 aromatic heterocycles. The van der Waals surface area contributed by atoms with E-state index in [9.17, 15) is 22.8 Å². The van der Waals surface area contributed by atoms with Gasteiger partial charge in [0.15, 0.2) is 11.5 Å². The van der Waals surface area contributed by atoms with Crippen LogP contribution in [0, 0.1) is 0 Å². The standard InChI is InChI=1S/C34H43ClN4O7S/c1-45-31-20-23(11-13-25(31)21-36)12-15-29(40)28-22-38(34(42)46-30-16-14-24-8-5-6-9-26(24)32(30)35)17-18-39(28)33(41)27(37)10-4-3-7-19-47(2,43)44/h5-6,8-9,11,13-14,16,20,27-28H,3-4,7,10,12,15,17-19,21-22,36-37H2,1-2H3/t27-,28+/m1/s1. The van der Waals surface area contributed by atoms with Crippen LogP contribution in [0.2, 0.25) is 5.02 Å². The van der Waals surface area contributed by atoms with E-state index in [1.165, 1.54) is 16.1 Å². The second kappa shape index (κ2) is 16.4. The molecule has 0 radical (unpaired) electrons. The summed E-state index contributed by atoms with van der Waals surface area (Å²) < 4.78 is 34.0. The highest BCUT2D eigenvalue weighted by atomic mass is 35.5. The molecule has 1 saturated heterocycles. The lowest BCUT2D eigenvalue weighted by molar-refractivity contribution is -0.143. The average Bonchev–Trinajstić information content (AvgIpc) is 3.06. The molecule has 0 unspecified atom stereocenters. The van der Waals surface area contributed by atoms with Gasteiger partial charge in [-0.1, -0.05) is 66.9 Å². The van der Waals surface area contributed by atoms with Crippen LogP contribution < -0.4 is 20.9 Å². The van der Waals surface area contributed by atoms with Crippen molar-refractivity contribution in [2.24, 2.45) is 11.5 Å². The van der Waals surface area contributed by atoms with Crippen LogP contribution in [0.4, 0.5) is 4.79 Å². The van der Waals surface area contributed by atoms with E-state index in [2.05, 4.69) is 0 Å². The molecular weight excluding hydrogens is 644 g/mol. The second-order valence-corrected chi connectivity index (χ2v) is 14.5. The maximum Gasteiger partial charge on any atom is 0.415 e. The number of rotatable bonds is 14. The van der Waals surface area contributed by atoms with E-state index < -0.39 is 28.0 Å². The SMILES string of the molecule is COc1cc(CCC(=O)[C@@H]2CN(C(=O)Oc3ccc4ccccc4c3Cl)CCN2C(=O)[C@H](N)CCCCCS(C)(=O)=O)ccc1CN. The van der Waals surface area contributed by atoms with Crippen LogP contribution in [-0.4, -0.2) is 86.8 Å². The van der Waals surface area contributed by atoms with Gasteiger partial charge in [0.05, 0.1) is 24.7 Å². The fraction of sp³-hybridized carbons (Fsp3) is 0.441. The van der Waals surface area contributed by atoms with E-state index in [-0.39, 0.29) is 49.2 Å². The van der Waals surface area contributed by atoms with Gasteiger partial charge >= 0.3 is 6.09 Å². The molecule has 11 nitrogen and oxygen atoms in total. The van der Waals surface area contributed by atoms with Crippen LogP contribution in [0.15, 0.2) is 54.6 Å². The summed E-state index contributed by atoms with van der Waals surface area (Å²) in [6.07, 6.45) is 3.03. The number of aryl methyl sites for hydroxylation is 1. The highest BCUT2D eigenvalue weighted by Gasteiger charge is 2.38. The number of halogens is 1. The van der Waals surface area contributed by atoms with Crippen molar-refractivity contribution in [3.63, 3.8) is 0 Å². The first-order valence-corrected chi connectivity index (χ1v) is 18.1. The normalized spacial score (nSPS) is 15.8. The predicted molar refractivity (Wildman–Crippen MR) is 182 cm³/mol. The molecule has 4 rings (SSSR count). The van der Waals surface area contributed by atoms with Gasteiger partial charge in [-0.2, -0.15) is 0 Å². The first-order valence-electron chi connectivity index (χ1n) is 15.7. The Balaban J connectivity index is 1.47. The number of nitrogens with two attached hydrogens (primary N) is 2. The lowest BCUT2D eigenvalue weighted by atomic mass is 9.98. The van der Waals surface area contributed by atoms with Crippen LogP contribution >= 0.6 is 11.6 Å². The number of Topliss-reactive ketones (excluding diaryl/α,β-unsaturated/α-hetero) is 1. The van der Waals surface area contributed by atoms with E-state index >= 15 is 0 Å². The third-order valence-corrected chi connectivity index (χ3v) is 9.82. The summed E-state index contributed by atoms with van der Waals surface area (Å²) in [5.41, 5.74) is 13.8. The molecule has 4 N–H and O–H groups in total. The number of fused-ring (bicyclic) bond motifs is 1. The molecule has 1 heterocycles. The van der Waals surface area contributed by atoms with E-state index in [0.717, 1.165) is 21.9 Å². The summed E-state index contributed by atoms with van der Waals surface area (Å²) >= 11 is 6.56. The monoisotopic (exact) mass is 686 g/mol. The van der Waals surface area contributed by atoms with Crippen LogP contribution in [0.1, 0.15) is 43.2 Å². The van der Waals surface area contributed by atoms with Crippen LogP contribution in [0.25, 0.3) is 10.8 Å². The molecule has 1 aliphatic rings. The van der Waals surface area contributed by atoms with E-state index in [4.69, 9.17) is 32.5 Å². The number of hydrogen-bond donors (Lipinski definition) is 2. The van der Waals surface area contributed by atoms with Gasteiger partial charge in [0, 0.05) is 49.0 Å². The Labute approximate surface area is 281 Å². The van der Waals surface area contributed by atoms with Gasteiger partial charge in [0.2, 0.25) is 5.91 Å². The first kappa shape index (κ1) is 36.1. The lowest BCUT2D eigenvalue weighted by Crippen LogP contribution is -2.62. The van der Waals surface area contributed by atoms with E-state index in [0.29, 0.717) is 49.4 Å². The quantitative estimate of drug-likeness (QED) is 0.238. The van der Waals surface area contributed by atoms with Gasteiger partial charge in [-0.25, -0.2) is 13.2 Å². The Bertz CT molecular complexity index is 1700. The predicted octanol–water partition coefficient (Wildman–Crippen LogP) is 4.11. The van der Waals surface area contributed by atoms with Crippen molar-refractivity contribution in [2.45, 2.75) is 57.2 Å². The fourth-order valence-electron chi connectivity index (χ4n) is 5.73. The van der Waals surface area contributed by atoms with Crippen molar-refractivity contribution in [2.75, 3.05) is 38.8 Å². The number of benzene rings is 3. The van der Waals surface area contributed by atoms with E-state index in [1.807, 2.05) is 48.5 Å². The Morgan fingerprint density at radius 2 is 1.79 bits per heavy atom. The highest BCUT2D eigenvalue weighted by molar-refractivity contribution is 7.90. The molecule has 13 heteroatoms. The maximum absolute atomic E-state index is 13.8. The number of carbonyl (C=O) groups excluding carboxylic acids is 3. The van der Waals surface area contributed by atoms with Gasteiger partial charge in [-0.3, -0.25) is 9.59 Å². The van der Waals surface area contributed by atoms with Crippen molar-refractivity contribution >= 4 is 50.0 Å². The minimum atomic E-state index is -3.06. The Morgan fingerprint density at radius 1 is 1.02 bits per heavy atom. The molecule has 3 aromatic carbocycles. The molecule has 47 heavy (non-hydrogen) atoms. The van der Waals surface area contributed by atoms with Crippen molar-refractivity contribution in [1.29, 1.82) is 0 Å². The zero-order chi connectivity index (χ0) is 34.1. The van der Waals surface area contributed by atoms with Crippen molar-refractivity contribution in [3.8, 4) is 11.5 Å². The number of ketones is 1. The molecular formula is C34H43ClN4O7S. The molecule has 0 spiro atoms. The third kappa shape index (κ3) is 9.66. The molecule has 0 saturated carbocycles. The number of ether oxygens (including phenoxy) is 2. The van der Waals surface area contributed by atoms with E-state index in [1.54, 1.807) is 13.2 Å². The Hall–Kier alpha value is -3.71. The fourth-order valence-corrected chi connectivity index (χ4v) is 6.73. The summed E-state index contributed by atoms with van der Waals surface area (Å²) in [6, 6.07) is 14.7. The third-order valence-electron chi connectivity index (χ3n) is 8.40. The summed E-state index contributed by atoms with van der Waals surface area (Å²) in [4.78, 5) is 43.6.